The standard InChI is InChI=1S/C19H17F3N2O.2ClH/c20-19(21,22)13-6-7-14-15(10-13)16(12-4-2-1-3-5-12)11-24-9-8-23-18(25)17(14)24;;/h1-7,10,16-17H,8-9,11H2,(H,23,25);2*1H/t16-,17+;;/m0../s1. The number of carbonyl (C=O) groups excluding carboxylic acids is 1. The first kappa shape index (κ1) is 21.5. The smallest absolute Gasteiger partial charge is 0.353 e. The van der Waals surface area contributed by atoms with E-state index in [0.717, 1.165) is 11.6 Å². The molecule has 1 amide bonds. The summed E-state index contributed by atoms with van der Waals surface area (Å²) in [6, 6.07) is 12.8. The third-order valence-electron chi connectivity index (χ3n) is 5.01. The lowest BCUT2D eigenvalue weighted by atomic mass is 9.79. The zero-order valence-corrected chi connectivity index (χ0v) is 15.8. The van der Waals surface area contributed by atoms with Gasteiger partial charge in [-0.15, -0.1) is 24.8 Å². The van der Waals surface area contributed by atoms with Crippen LogP contribution >= 0.6 is 24.8 Å². The molecule has 146 valence electrons. The SMILES string of the molecule is Cl.Cl.O=C1NCCN2C[C@@H](c3ccccc3)c3cc(C(F)(F)F)ccc3[C@H]12. The number of nitrogens with one attached hydrogen (secondary N) is 1. The summed E-state index contributed by atoms with van der Waals surface area (Å²) in [5.74, 6) is -0.320. The minimum absolute atomic E-state index is 0. The number of hydrogen-bond acceptors (Lipinski definition) is 2. The summed E-state index contributed by atoms with van der Waals surface area (Å²) >= 11 is 0. The highest BCUT2D eigenvalue weighted by Gasteiger charge is 2.41. The third kappa shape index (κ3) is 3.93. The molecule has 4 rings (SSSR count). The van der Waals surface area contributed by atoms with Crippen molar-refractivity contribution in [2.45, 2.75) is 18.1 Å². The quantitative estimate of drug-likeness (QED) is 0.753. The highest BCUT2D eigenvalue weighted by atomic mass is 35.5. The number of fused-ring (bicyclic) bond motifs is 3. The Morgan fingerprint density at radius 1 is 1.00 bits per heavy atom. The van der Waals surface area contributed by atoms with Crippen LogP contribution < -0.4 is 5.32 Å². The zero-order valence-electron chi connectivity index (χ0n) is 14.2. The van der Waals surface area contributed by atoms with E-state index in [1.54, 1.807) is 0 Å². The van der Waals surface area contributed by atoms with Gasteiger partial charge in [0, 0.05) is 25.6 Å². The van der Waals surface area contributed by atoms with Gasteiger partial charge in [-0.3, -0.25) is 9.69 Å². The molecule has 2 aliphatic rings. The summed E-state index contributed by atoms with van der Waals surface area (Å²) in [5, 5.41) is 2.82. The van der Waals surface area contributed by atoms with Gasteiger partial charge in [-0.2, -0.15) is 13.2 Å². The largest absolute Gasteiger partial charge is 0.416 e. The monoisotopic (exact) mass is 418 g/mol. The molecule has 1 fully saturated rings. The van der Waals surface area contributed by atoms with Crippen molar-refractivity contribution in [2.75, 3.05) is 19.6 Å². The summed E-state index contributed by atoms with van der Waals surface area (Å²) in [6.07, 6.45) is -4.40. The van der Waals surface area contributed by atoms with Crippen LogP contribution in [-0.2, 0) is 11.0 Å². The van der Waals surface area contributed by atoms with Crippen LogP contribution in [0.3, 0.4) is 0 Å². The van der Waals surface area contributed by atoms with Gasteiger partial charge in [0.15, 0.2) is 0 Å². The molecule has 1 saturated heterocycles. The van der Waals surface area contributed by atoms with Crippen LogP contribution in [0.2, 0.25) is 0 Å². The molecule has 0 aliphatic carbocycles. The van der Waals surface area contributed by atoms with Crippen LogP contribution in [0.15, 0.2) is 48.5 Å². The first-order valence-corrected chi connectivity index (χ1v) is 8.23. The topological polar surface area (TPSA) is 32.3 Å². The van der Waals surface area contributed by atoms with E-state index < -0.39 is 17.8 Å². The molecule has 2 heterocycles. The Balaban J connectivity index is 0.00000131. The van der Waals surface area contributed by atoms with Gasteiger partial charge in [0.05, 0.1) is 5.56 Å². The van der Waals surface area contributed by atoms with Crippen molar-refractivity contribution in [3.05, 3.63) is 70.8 Å². The van der Waals surface area contributed by atoms with Crippen molar-refractivity contribution >= 4 is 30.7 Å². The number of amides is 1. The van der Waals surface area contributed by atoms with E-state index in [4.69, 9.17) is 0 Å². The normalized spacial score (nSPS) is 21.8. The highest BCUT2D eigenvalue weighted by Crippen LogP contribution is 2.42. The number of benzene rings is 2. The number of halogens is 5. The van der Waals surface area contributed by atoms with Crippen LogP contribution in [0.25, 0.3) is 0 Å². The molecule has 1 N–H and O–H groups in total. The van der Waals surface area contributed by atoms with Crippen molar-refractivity contribution < 1.29 is 18.0 Å². The van der Waals surface area contributed by atoms with E-state index in [1.807, 2.05) is 30.3 Å². The number of piperazine rings is 1. The fourth-order valence-electron chi connectivity index (χ4n) is 3.85. The van der Waals surface area contributed by atoms with Crippen LogP contribution in [0.4, 0.5) is 13.2 Å². The maximum atomic E-state index is 13.2. The molecule has 2 atom stereocenters. The molecule has 2 aromatic carbocycles. The van der Waals surface area contributed by atoms with Gasteiger partial charge in [-0.05, 0) is 28.8 Å². The fraction of sp³-hybridized carbons (Fsp3) is 0.316. The van der Waals surface area contributed by atoms with Crippen molar-refractivity contribution in [3.8, 4) is 0 Å². The maximum Gasteiger partial charge on any atom is 0.416 e. The number of alkyl halides is 3. The van der Waals surface area contributed by atoms with Crippen molar-refractivity contribution in [1.29, 1.82) is 0 Å². The Morgan fingerprint density at radius 3 is 2.37 bits per heavy atom. The van der Waals surface area contributed by atoms with E-state index in [9.17, 15) is 18.0 Å². The molecule has 2 aromatic rings. The molecule has 0 aromatic heterocycles. The summed E-state index contributed by atoms with van der Waals surface area (Å²) in [4.78, 5) is 14.4. The van der Waals surface area contributed by atoms with Gasteiger partial charge in [-0.25, -0.2) is 0 Å². The summed E-state index contributed by atoms with van der Waals surface area (Å²) in [7, 11) is 0. The Bertz CT molecular complexity index is 814. The molecule has 0 spiro atoms. The second-order valence-corrected chi connectivity index (χ2v) is 6.49. The lowest BCUT2D eigenvalue weighted by Gasteiger charge is -2.43. The zero-order chi connectivity index (χ0) is 17.6. The molecule has 3 nitrogen and oxygen atoms in total. The second-order valence-electron chi connectivity index (χ2n) is 6.49. The van der Waals surface area contributed by atoms with Crippen molar-refractivity contribution in [3.63, 3.8) is 0 Å². The van der Waals surface area contributed by atoms with Crippen molar-refractivity contribution in [2.24, 2.45) is 0 Å². The average molecular weight is 419 g/mol. The summed E-state index contributed by atoms with van der Waals surface area (Å²) < 4.78 is 39.6. The van der Waals surface area contributed by atoms with Gasteiger partial charge in [0.2, 0.25) is 5.91 Å². The van der Waals surface area contributed by atoms with E-state index in [2.05, 4.69) is 10.2 Å². The van der Waals surface area contributed by atoms with Gasteiger partial charge < -0.3 is 5.32 Å². The highest BCUT2D eigenvalue weighted by molar-refractivity contribution is 5.86. The molecule has 8 heteroatoms. The number of nitrogens with zero attached hydrogens (tertiary/aromatic N) is 1. The second kappa shape index (κ2) is 8.09. The summed E-state index contributed by atoms with van der Waals surface area (Å²) in [5.41, 5.74) is 1.56. The van der Waals surface area contributed by atoms with Gasteiger partial charge >= 0.3 is 6.18 Å². The van der Waals surface area contributed by atoms with Crippen LogP contribution in [0.5, 0.6) is 0 Å². The van der Waals surface area contributed by atoms with E-state index in [-0.39, 0.29) is 36.6 Å². The molecule has 0 unspecified atom stereocenters. The third-order valence-corrected chi connectivity index (χ3v) is 5.01. The lowest BCUT2D eigenvalue weighted by Crippen LogP contribution is -2.53. The number of hydrogen-bond donors (Lipinski definition) is 1. The molecule has 27 heavy (non-hydrogen) atoms. The molecular formula is C19H19Cl2F3N2O. The first-order chi connectivity index (χ1) is 11.9. The number of rotatable bonds is 1. The van der Waals surface area contributed by atoms with Gasteiger partial charge in [0.1, 0.15) is 6.04 Å². The molecule has 0 radical (unpaired) electrons. The Hall–Kier alpha value is -1.76. The van der Waals surface area contributed by atoms with E-state index in [1.165, 1.54) is 12.1 Å². The Kier molecular flexibility index (Phi) is 6.45. The van der Waals surface area contributed by atoms with Gasteiger partial charge in [0.25, 0.3) is 0 Å². The van der Waals surface area contributed by atoms with E-state index >= 15 is 0 Å². The number of carbonyl (C=O) groups is 1. The van der Waals surface area contributed by atoms with E-state index in [0.29, 0.717) is 30.8 Å². The predicted molar refractivity (Wildman–Crippen MR) is 102 cm³/mol. The van der Waals surface area contributed by atoms with Crippen molar-refractivity contribution in [1.82, 2.24) is 10.2 Å². The Labute approximate surface area is 167 Å². The fourth-order valence-corrected chi connectivity index (χ4v) is 3.85. The molecule has 2 aliphatic heterocycles. The van der Waals surface area contributed by atoms with Crippen LogP contribution in [0.1, 0.15) is 34.2 Å². The average Bonchev–Trinajstić information content (AvgIpc) is 2.60. The van der Waals surface area contributed by atoms with Gasteiger partial charge in [-0.1, -0.05) is 36.4 Å². The molecule has 0 bridgehead atoms. The first-order valence-electron chi connectivity index (χ1n) is 8.23. The summed E-state index contributed by atoms with van der Waals surface area (Å²) in [6.45, 7) is 1.80. The minimum Gasteiger partial charge on any atom is -0.353 e. The predicted octanol–water partition coefficient (Wildman–Crippen LogP) is 4.17. The van der Waals surface area contributed by atoms with Crippen LogP contribution in [-0.4, -0.2) is 30.4 Å². The minimum atomic E-state index is -4.40. The molecule has 0 saturated carbocycles. The maximum absolute atomic E-state index is 13.2. The molecular weight excluding hydrogens is 400 g/mol. The Morgan fingerprint density at radius 2 is 1.70 bits per heavy atom. The van der Waals surface area contributed by atoms with Crippen LogP contribution in [0, 0.1) is 0 Å². The lowest BCUT2D eigenvalue weighted by molar-refractivity contribution is -0.137.